The predicted octanol–water partition coefficient (Wildman–Crippen LogP) is 1.50. The molecule has 0 heterocycles. The van der Waals surface area contributed by atoms with Crippen LogP contribution in [0.3, 0.4) is 0 Å². The molecule has 112 valence electrons. The number of rotatable bonds is 6. The minimum Gasteiger partial charge on any atom is -0.258 e. The van der Waals surface area contributed by atoms with Gasteiger partial charge in [0.05, 0.1) is 26.5 Å². The average Bonchev–Trinajstić information content (AvgIpc) is 2.46. The van der Waals surface area contributed by atoms with Crippen LogP contribution in [-0.4, -0.2) is 26.5 Å². The minimum absolute atomic E-state index is 0.0662. The Bertz CT molecular complexity index is 707. The SMILES string of the molecule is N=C=C(C(C(=C=N)[N+](=O)[O-])c1ccc([N+](=O)[O-])cc1)[N+](=O)[O-]. The van der Waals surface area contributed by atoms with Crippen molar-refractivity contribution in [2.24, 2.45) is 0 Å². The average molecular weight is 305 g/mol. The normalized spacial score (nSPS) is 10.7. The standard InChI is InChI=1S/C11H7N5O6/c12-5-9(15(19)20)11(10(6-13)16(21)22)7-1-3-8(4-2-7)14(17)18/h1-4,11-13H. The molecule has 0 bridgehead atoms. The van der Waals surface area contributed by atoms with Gasteiger partial charge in [0.15, 0.2) is 5.92 Å². The van der Waals surface area contributed by atoms with E-state index in [4.69, 9.17) is 10.8 Å². The summed E-state index contributed by atoms with van der Waals surface area (Å²) >= 11 is 0. The molecule has 1 rings (SSSR count). The second-order valence-electron chi connectivity index (χ2n) is 3.82. The van der Waals surface area contributed by atoms with E-state index >= 15 is 0 Å². The molecule has 0 aliphatic heterocycles. The summed E-state index contributed by atoms with van der Waals surface area (Å²) in [5.41, 5.74) is -2.32. The van der Waals surface area contributed by atoms with Crippen LogP contribution in [0.1, 0.15) is 11.5 Å². The van der Waals surface area contributed by atoms with Crippen LogP contribution in [0.15, 0.2) is 35.7 Å². The van der Waals surface area contributed by atoms with E-state index in [0.717, 1.165) is 24.3 Å². The number of nitro groups is 3. The summed E-state index contributed by atoms with van der Waals surface area (Å²) in [5, 5.41) is 46.3. The molecule has 0 unspecified atom stereocenters. The molecule has 0 spiro atoms. The fraction of sp³-hybridized carbons (Fsp3) is 0.0909. The maximum absolute atomic E-state index is 10.9. The van der Waals surface area contributed by atoms with Gasteiger partial charge >= 0.3 is 11.4 Å². The van der Waals surface area contributed by atoms with E-state index in [2.05, 4.69) is 0 Å². The predicted molar refractivity (Wildman–Crippen MR) is 72.3 cm³/mol. The highest BCUT2D eigenvalue weighted by Gasteiger charge is 2.38. The van der Waals surface area contributed by atoms with Gasteiger partial charge < -0.3 is 0 Å². The van der Waals surface area contributed by atoms with Crippen molar-refractivity contribution in [3.63, 3.8) is 0 Å². The van der Waals surface area contributed by atoms with Gasteiger partial charge in [0.2, 0.25) is 0 Å². The third-order valence-corrected chi connectivity index (χ3v) is 2.63. The number of non-ortho nitro benzene ring substituents is 1. The van der Waals surface area contributed by atoms with Crippen molar-refractivity contribution < 1.29 is 14.8 Å². The molecule has 1 aromatic rings. The lowest BCUT2D eigenvalue weighted by atomic mass is 9.93. The number of benzene rings is 1. The van der Waals surface area contributed by atoms with Gasteiger partial charge in [-0.1, -0.05) is 12.1 Å². The number of hydrogen-bond acceptors (Lipinski definition) is 8. The third-order valence-electron chi connectivity index (χ3n) is 2.63. The first-order valence-electron chi connectivity index (χ1n) is 5.45. The third kappa shape index (κ3) is 3.25. The Morgan fingerprint density at radius 2 is 1.32 bits per heavy atom. The van der Waals surface area contributed by atoms with E-state index in [1.807, 2.05) is 0 Å². The molecule has 0 saturated carbocycles. The van der Waals surface area contributed by atoms with Crippen LogP contribution in [0.25, 0.3) is 0 Å². The summed E-state index contributed by atoms with van der Waals surface area (Å²) < 4.78 is 0. The summed E-state index contributed by atoms with van der Waals surface area (Å²) in [6, 6.07) is 4.16. The zero-order valence-corrected chi connectivity index (χ0v) is 10.7. The zero-order valence-electron chi connectivity index (χ0n) is 10.7. The Labute approximate surface area is 121 Å². The van der Waals surface area contributed by atoms with Crippen molar-refractivity contribution >= 4 is 17.4 Å². The summed E-state index contributed by atoms with van der Waals surface area (Å²) in [6.07, 6.45) is 0. The van der Waals surface area contributed by atoms with E-state index < -0.39 is 32.1 Å². The maximum atomic E-state index is 10.9. The smallest absolute Gasteiger partial charge is 0.258 e. The van der Waals surface area contributed by atoms with Crippen LogP contribution in [0, 0.1) is 41.2 Å². The molecule has 22 heavy (non-hydrogen) atoms. The van der Waals surface area contributed by atoms with E-state index in [0.29, 0.717) is 0 Å². The van der Waals surface area contributed by atoms with Crippen molar-refractivity contribution in [2.75, 3.05) is 0 Å². The molecule has 0 aliphatic rings. The summed E-state index contributed by atoms with van der Waals surface area (Å²) in [7, 11) is 0. The van der Waals surface area contributed by atoms with E-state index in [1.54, 1.807) is 0 Å². The maximum Gasteiger partial charge on any atom is 0.325 e. The lowest BCUT2D eigenvalue weighted by Gasteiger charge is -2.09. The first-order valence-corrected chi connectivity index (χ1v) is 5.45. The van der Waals surface area contributed by atoms with Crippen molar-refractivity contribution in [1.82, 2.24) is 0 Å². The minimum atomic E-state index is -1.69. The molecule has 0 aliphatic carbocycles. The molecule has 0 radical (unpaired) electrons. The van der Waals surface area contributed by atoms with Gasteiger partial charge in [0.1, 0.15) is 0 Å². The summed E-state index contributed by atoms with van der Waals surface area (Å²) in [5.74, 6) is 1.29. The fourth-order valence-electron chi connectivity index (χ4n) is 1.68. The number of nitrogens with one attached hydrogen (secondary N) is 2. The number of hydrogen-bond donors (Lipinski definition) is 2. The molecule has 0 saturated heterocycles. The molecule has 0 aromatic heterocycles. The lowest BCUT2D eigenvalue weighted by Crippen LogP contribution is -2.18. The molecule has 1 aromatic carbocycles. The van der Waals surface area contributed by atoms with Crippen molar-refractivity contribution in [3.05, 3.63) is 71.6 Å². The highest BCUT2D eigenvalue weighted by atomic mass is 16.6. The van der Waals surface area contributed by atoms with Gasteiger partial charge in [-0.2, -0.15) is 0 Å². The molecular weight excluding hydrogens is 298 g/mol. The Balaban J connectivity index is 3.54. The molecule has 2 N–H and O–H groups in total. The van der Waals surface area contributed by atoms with E-state index in [1.165, 1.54) is 11.7 Å². The molecule has 0 atom stereocenters. The molecular formula is C11H7N5O6. The van der Waals surface area contributed by atoms with Crippen LogP contribution >= 0.6 is 0 Å². The van der Waals surface area contributed by atoms with Gasteiger partial charge in [-0.15, -0.1) is 0 Å². The van der Waals surface area contributed by atoms with Crippen molar-refractivity contribution in [2.45, 2.75) is 5.92 Å². The second-order valence-corrected chi connectivity index (χ2v) is 3.82. The lowest BCUT2D eigenvalue weighted by molar-refractivity contribution is -0.450. The monoisotopic (exact) mass is 305 g/mol. The Morgan fingerprint density at radius 1 is 0.909 bits per heavy atom. The van der Waals surface area contributed by atoms with Gasteiger partial charge in [-0.3, -0.25) is 41.2 Å². The van der Waals surface area contributed by atoms with Gasteiger partial charge in [-0.25, -0.2) is 0 Å². The molecule has 11 heteroatoms. The highest BCUT2D eigenvalue weighted by Crippen LogP contribution is 2.31. The van der Waals surface area contributed by atoms with Gasteiger partial charge in [-0.05, 0) is 5.56 Å². The van der Waals surface area contributed by atoms with Gasteiger partial charge in [0, 0.05) is 12.1 Å². The van der Waals surface area contributed by atoms with Gasteiger partial charge in [0.25, 0.3) is 5.69 Å². The van der Waals surface area contributed by atoms with Crippen LogP contribution in [0.2, 0.25) is 0 Å². The molecule has 11 nitrogen and oxygen atoms in total. The first kappa shape index (κ1) is 16.4. The molecule has 0 amide bonds. The fourth-order valence-corrected chi connectivity index (χ4v) is 1.68. The van der Waals surface area contributed by atoms with Crippen molar-refractivity contribution in [1.29, 1.82) is 10.8 Å². The summed E-state index contributed by atoms with van der Waals surface area (Å²) in [6.45, 7) is 0. The molecule has 0 fully saturated rings. The highest BCUT2D eigenvalue weighted by molar-refractivity contribution is 5.63. The quantitative estimate of drug-likeness (QED) is 0.456. The number of nitro benzene ring substituents is 1. The van der Waals surface area contributed by atoms with E-state index in [9.17, 15) is 30.3 Å². The summed E-state index contributed by atoms with van der Waals surface area (Å²) in [4.78, 5) is 29.6. The van der Waals surface area contributed by atoms with Crippen LogP contribution in [-0.2, 0) is 0 Å². The Kier molecular flexibility index (Phi) is 4.96. The Hall–Kier alpha value is -3.68. The largest absolute Gasteiger partial charge is 0.325 e. The topological polar surface area (TPSA) is 177 Å². The van der Waals surface area contributed by atoms with Crippen LogP contribution < -0.4 is 0 Å². The Morgan fingerprint density at radius 3 is 1.59 bits per heavy atom. The van der Waals surface area contributed by atoms with E-state index in [-0.39, 0.29) is 11.3 Å². The van der Waals surface area contributed by atoms with Crippen LogP contribution in [0.4, 0.5) is 5.69 Å². The second kappa shape index (κ2) is 6.66. The zero-order chi connectivity index (χ0) is 16.9. The van der Waals surface area contributed by atoms with Crippen LogP contribution in [0.5, 0.6) is 0 Å². The number of nitrogens with zero attached hydrogens (tertiary/aromatic N) is 3. The van der Waals surface area contributed by atoms with Crippen molar-refractivity contribution in [3.8, 4) is 0 Å². The first-order chi connectivity index (χ1) is 10.3.